The van der Waals surface area contributed by atoms with Gasteiger partial charge in [-0.15, -0.1) is 0 Å². The molecule has 2 aliphatic rings. The SMILES string of the molecule is COc1c(C(C)Nc2ncnc3[nH]cnc23)cc(Cl)c(Cl)c1C1CN(C2CCC2)C1. The number of fused-ring (bicyclic) bond motifs is 1. The fourth-order valence-electron chi connectivity index (χ4n) is 4.46. The first-order valence-electron chi connectivity index (χ1n) is 10.3. The van der Waals surface area contributed by atoms with E-state index in [0.717, 1.165) is 36.0 Å². The minimum Gasteiger partial charge on any atom is -0.496 e. The van der Waals surface area contributed by atoms with E-state index in [1.165, 1.54) is 25.6 Å². The molecule has 1 aliphatic heterocycles. The van der Waals surface area contributed by atoms with Crippen molar-refractivity contribution in [2.75, 3.05) is 25.5 Å². The summed E-state index contributed by atoms with van der Waals surface area (Å²) >= 11 is 13.2. The van der Waals surface area contributed by atoms with Crippen molar-refractivity contribution < 1.29 is 4.74 Å². The minimum absolute atomic E-state index is 0.119. The van der Waals surface area contributed by atoms with Crippen LogP contribution in [0.2, 0.25) is 10.0 Å². The third-order valence-electron chi connectivity index (χ3n) is 6.39. The van der Waals surface area contributed by atoms with Gasteiger partial charge in [-0.2, -0.15) is 0 Å². The maximum atomic E-state index is 6.67. The van der Waals surface area contributed by atoms with Gasteiger partial charge in [-0.3, -0.25) is 4.90 Å². The highest BCUT2D eigenvalue weighted by atomic mass is 35.5. The van der Waals surface area contributed by atoms with Crippen molar-refractivity contribution in [3.05, 3.63) is 39.9 Å². The van der Waals surface area contributed by atoms with Crippen LogP contribution in [0.3, 0.4) is 0 Å². The van der Waals surface area contributed by atoms with Crippen LogP contribution in [0.25, 0.3) is 11.2 Å². The molecule has 0 spiro atoms. The zero-order valence-electron chi connectivity index (χ0n) is 17.0. The molecule has 1 aromatic carbocycles. The molecule has 7 nitrogen and oxygen atoms in total. The second kappa shape index (κ2) is 7.87. The first kappa shape index (κ1) is 19.8. The van der Waals surface area contributed by atoms with Gasteiger partial charge < -0.3 is 15.0 Å². The van der Waals surface area contributed by atoms with E-state index < -0.39 is 0 Å². The second-order valence-electron chi connectivity index (χ2n) is 8.13. The van der Waals surface area contributed by atoms with Crippen LogP contribution in [0.1, 0.15) is 49.3 Å². The second-order valence-corrected chi connectivity index (χ2v) is 8.92. The Morgan fingerprint density at radius 3 is 2.73 bits per heavy atom. The standard InChI is InChI=1S/C21H24Cl2N6O/c1-11(28-21-18-20(25-9-24-18)26-10-27-21)14-6-15(22)17(23)16(19(14)30-2)12-7-29(8-12)13-4-3-5-13/h6,9-13H,3-5,7-8H2,1-2H3,(H2,24,25,26,27,28). The van der Waals surface area contributed by atoms with Crippen molar-refractivity contribution in [3.63, 3.8) is 0 Å². The van der Waals surface area contributed by atoms with Crippen molar-refractivity contribution in [1.82, 2.24) is 24.8 Å². The van der Waals surface area contributed by atoms with Crippen molar-refractivity contribution >= 4 is 40.2 Å². The van der Waals surface area contributed by atoms with Crippen molar-refractivity contribution in [2.24, 2.45) is 0 Å². The van der Waals surface area contributed by atoms with Gasteiger partial charge in [0.1, 0.15) is 17.6 Å². The number of nitrogens with zero attached hydrogens (tertiary/aromatic N) is 4. The number of benzene rings is 1. The first-order valence-corrected chi connectivity index (χ1v) is 11.0. The highest BCUT2D eigenvalue weighted by molar-refractivity contribution is 6.42. The van der Waals surface area contributed by atoms with E-state index in [9.17, 15) is 0 Å². The fourth-order valence-corrected chi connectivity index (χ4v) is 4.98. The number of methoxy groups -OCH3 is 1. The lowest BCUT2D eigenvalue weighted by Gasteiger charge is -2.48. The molecule has 158 valence electrons. The lowest BCUT2D eigenvalue weighted by atomic mass is 9.82. The van der Waals surface area contributed by atoms with Crippen LogP contribution in [0.15, 0.2) is 18.7 Å². The molecule has 3 aromatic rings. The number of anilines is 1. The molecule has 1 saturated carbocycles. The van der Waals surface area contributed by atoms with Gasteiger partial charge in [0, 0.05) is 36.2 Å². The molecule has 1 atom stereocenters. The normalized spacial score (nSPS) is 18.8. The Hall–Kier alpha value is -2.09. The van der Waals surface area contributed by atoms with Crippen LogP contribution >= 0.6 is 23.2 Å². The van der Waals surface area contributed by atoms with E-state index in [2.05, 4.69) is 30.2 Å². The highest BCUT2D eigenvalue weighted by Crippen LogP contribution is 2.47. The number of ether oxygens (including phenoxy) is 1. The van der Waals surface area contributed by atoms with Crippen LogP contribution < -0.4 is 10.1 Å². The number of aromatic amines is 1. The molecule has 5 rings (SSSR count). The third-order valence-corrected chi connectivity index (χ3v) is 7.19. The molecule has 3 heterocycles. The first-order chi connectivity index (χ1) is 14.6. The van der Waals surface area contributed by atoms with Gasteiger partial charge in [-0.1, -0.05) is 29.6 Å². The largest absolute Gasteiger partial charge is 0.496 e. The number of halogens is 2. The maximum absolute atomic E-state index is 6.67. The summed E-state index contributed by atoms with van der Waals surface area (Å²) in [5.74, 6) is 1.79. The molecule has 30 heavy (non-hydrogen) atoms. The number of H-pyrrole nitrogens is 1. The van der Waals surface area contributed by atoms with Gasteiger partial charge in [0.15, 0.2) is 11.5 Å². The van der Waals surface area contributed by atoms with Crippen LogP contribution in [0.4, 0.5) is 5.82 Å². The summed E-state index contributed by atoms with van der Waals surface area (Å²) in [5.41, 5.74) is 3.34. The summed E-state index contributed by atoms with van der Waals surface area (Å²) < 4.78 is 5.88. The predicted octanol–water partition coefficient (Wildman–Crippen LogP) is 4.79. The number of rotatable bonds is 6. The molecule has 1 saturated heterocycles. The Morgan fingerprint density at radius 2 is 2.03 bits per heavy atom. The van der Waals surface area contributed by atoms with Crippen LogP contribution in [-0.2, 0) is 0 Å². The van der Waals surface area contributed by atoms with Crippen LogP contribution in [-0.4, -0.2) is 51.1 Å². The van der Waals surface area contributed by atoms with E-state index in [0.29, 0.717) is 32.9 Å². The summed E-state index contributed by atoms with van der Waals surface area (Å²) in [7, 11) is 1.69. The Labute approximate surface area is 185 Å². The zero-order valence-corrected chi connectivity index (χ0v) is 18.5. The Kier molecular flexibility index (Phi) is 5.21. The van der Waals surface area contributed by atoms with E-state index in [4.69, 9.17) is 27.9 Å². The smallest absolute Gasteiger partial charge is 0.162 e. The number of hydrogen-bond acceptors (Lipinski definition) is 6. The van der Waals surface area contributed by atoms with E-state index in [1.807, 2.05) is 13.0 Å². The minimum atomic E-state index is -0.119. The number of hydrogen-bond donors (Lipinski definition) is 2. The van der Waals surface area contributed by atoms with Gasteiger partial charge in [-0.25, -0.2) is 15.0 Å². The van der Waals surface area contributed by atoms with E-state index in [1.54, 1.807) is 13.4 Å². The molecular weight excluding hydrogens is 423 g/mol. The maximum Gasteiger partial charge on any atom is 0.162 e. The average Bonchev–Trinajstić information content (AvgIpc) is 3.15. The van der Waals surface area contributed by atoms with Gasteiger partial charge in [-0.05, 0) is 25.8 Å². The zero-order chi connectivity index (χ0) is 20.8. The summed E-state index contributed by atoms with van der Waals surface area (Å²) in [6, 6.07) is 2.50. The molecule has 0 amide bonds. The molecule has 1 unspecified atom stereocenters. The Balaban J connectivity index is 1.45. The predicted molar refractivity (Wildman–Crippen MR) is 119 cm³/mol. The number of nitrogens with one attached hydrogen (secondary N) is 2. The summed E-state index contributed by atoms with van der Waals surface area (Å²) in [6.07, 6.45) is 7.07. The molecule has 2 N–H and O–H groups in total. The molecule has 2 fully saturated rings. The van der Waals surface area contributed by atoms with Gasteiger partial charge in [0.05, 0.1) is 29.5 Å². The number of likely N-dealkylation sites (tertiary alicyclic amines) is 1. The molecule has 0 radical (unpaired) electrons. The van der Waals surface area contributed by atoms with Crippen molar-refractivity contribution in [3.8, 4) is 5.75 Å². The van der Waals surface area contributed by atoms with Crippen LogP contribution in [0.5, 0.6) is 5.75 Å². The summed E-state index contributed by atoms with van der Waals surface area (Å²) in [5, 5.41) is 4.57. The Morgan fingerprint density at radius 1 is 1.23 bits per heavy atom. The van der Waals surface area contributed by atoms with Crippen molar-refractivity contribution in [1.29, 1.82) is 0 Å². The molecule has 1 aliphatic carbocycles. The fraction of sp³-hybridized carbons (Fsp3) is 0.476. The number of aromatic nitrogens is 4. The Bertz CT molecular complexity index is 1080. The summed E-state index contributed by atoms with van der Waals surface area (Å²) in [6.45, 7) is 4.05. The molecule has 0 bridgehead atoms. The van der Waals surface area contributed by atoms with Gasteiger partial charge in [0.25, 0.3) is 0 Å². The average molecular weight is 447 g/mol. The van der Waals surface area contributed by atoms with E-state index >= 15 is 0 Å². The molecular formula is C21H24Cl2N6O. The van der Waals surface area contributed by atoms with Crippen molar-refractivity contribution in [2.45, 2.75) is 44.2 Å². The van der Waals surface area contributed by atoms with Crippen LogP contribution in [0, 0.1) is 0 Å². The molecule has 2 aromatic heterocycles. The number of imidazole rings is 1. The lowest BCUT2D eigenvalue weighted by Crippen LogP contribution is -2.53. The van der Waals surface area contributed by atoms with Gasteiger partial charge >= 0.3 is 0 Å². The van der Waals surface area contributed by atoms with E-state index in [-0.39, 0.29) is 6.04 Å². The highest BCUT2D eigenvalue weighted by Gasteiger charge is 2.39. The van der Waals surface area contributed by atoms with Gasteiger partial charge in [0.2, 0.25) is 0 Å². The topological polar surface area (TPSA) is 79.0 Å². The monoisotopic (exact) mass is 446 g/mol. The quantitative estimate of drug-likeness (QED) is 0.566. The third kappa shape index (κ3) is 3.29. The lowest BCUT2D eigenvalue weighted by molar-refractivity contribution is 0.0468. The molecule has 9 heteroatoms. The summed E-state index contributed by atoms with van der Waals surface area (Å²) in [4.78, 5) is 18.4.